The first-order valence-corrected chi connectivity index (χ1v) is 6.14. The van der Waals surface area contributed by atoms with E-state index in [0.717, 1.165) is 15.8 Å². The second kappa shape index (κ2) is 7.61. The fourth-order valence-corrected chi connectivity index (χ4v) is 1.94. The summed E-state index contributed by atoms with van der Waals surface area (Å²) in [5.74, 6) is 0.601. The third-order valence-corrected chi connectivity index (χ3v) is 3.07. The fraction of sp³-hybridized carbons (Fsp3) is 0.417. The van der Waals surface area contributed by atoms with Crippen molar-refractivity contribution < 1.29 is 9.53 Å². The number of nitrogens with two attached hydrogens (primary N) is 1. The molecule has 1 aromatic carbocycles. The molecule has 0 fully saturated rings. The second-order valence-electron chi connectivity index (χ2n) is 3.91. The Morgan fingerprint density at radius 3 is 2.50 bits per heavy atom. The van der Waals surface area contributed by atoms with Gasteiger partial charge < -0.3 is 15.8 Å². The van der Waals surface area contributed by atoms with Gasteiger partial charge in [-0.2, -0.15) is 0 Å². The molecule has 1 unspecified atom stereocenters. The maximum absolute atomic E-state index is 11.5. The smallest absolute Gasteiger partial charge is 0.237 e. The van der Waals surface area contributed by atoms with Crippen LogP contribution >= 0.6 is 28.3 Å². The molecule has 0 aliphatic rings. The van der Waals surface area contributed by atoms with Crippen molar-refractivity contribution in [2.45, 2.75) is 25.9 Å². The van der Waals surface area contributed by atoms with Gasteiger partial charge in [-0.15, -0.1) is 12.4 Å². The molecule has 4 nitrogen and oxygen atoms in total. The van der Waals surface area contributed by atoms with Crippen LogP contribution in [-0.2, 0) is 4.79 Å². The molecule has 1 rings (SSSR count). The van der Waals surface area contributed by atoms with Gasteiger partial charge in [0.15, 0.2) is 0 Å². The molecule has 0 bridgehead atoms. The van der Waals surface area contributed by atoms with Crippen LogP contribution in [0.1, 0.15) is 25.5 Å². The lowest BCUT2D eigenvalue weighted by atomic mass is 10.1. The van der Waals surface area contributed by atoms with Crippen LogP contribution in [0.4, 0.5) is 0 Å². The van der Waals surface area contributed by atoms with Gasteiger partial charge in [0.05, 0.1) is 23.7 Å². The molecular formula is C12H18BrClN2O2. The molecule has 0 saturated carbocycles. The van der Waals surface area contributed by atoms with Crippen LogP contribution in [0.3, 0.4) is 0 Å². The predicted octanol–water partition coefficient (Wildman–Crippen LogP) is 2.40. The Balaban J connectivity index is 0.00000289. The number of halogens is 2. The van der Waals surface area contributed by atoms with E-state index in [2.05, 4.69) is 21.2 Å². The summed E-state index contributed by atoms with van der Waals surface area (Å²) in [6.45, 7) is 3.57. The van der Waals surface area contributed by atoms with Gasteiger partial charge in [0.1, 0.15) is 5.75 Å². The van der Waals surface area contributed by atoms with E-state index in [1.807, 2.05) is 25.1 Å². The third kappa shape index (κ3) is 4.48. The van der Waals surface area contributed by atoms with Crippen molar-refractivity contribution in [3.63, 3.8) is 0 Å². The summed E-state index contributed by atoms with van der Waals surface area (Å²) in [7, 11) is 1.61. The molecule has 1 aromatic rings. The molecule has 102 valence electrons. The van der Waals surface area contributed by atoms with Crippen LogP contribution in [0.25, 0.3) is 0 Å². The van der Waals surface area contributed by atoms with Gasteiger partial charge >= 0.3 is 0 Å². The molecule has 1 amide bonds. The number of hydrogen-bond donors (Lipinski definition) is 2. The van der Waals surface area contributed by atoms with Crippen LogP contribution < -0.4 is 15.8 Å². The van der Waals surface area contributed by atoms with Crippen molar-refractivity contribution >= 4 is 34.2 Å². The highest BCUT2D eigenvalue weighted by atomic mass is 79.9. The van der Waals surface area contributed by atoms with Crippen molar-refractivity contribution in [1.29, 1.82) is 0 Å². The van der Waals surface area contributed by atoms with Crippen molar-refractivity contribution in [3.05, 3.63) is 28.2 Å². The zero-order valence-corrected chi connectivity index (χ0v) is 13.0. The molecule has 6 heteroatoms. The largest absolute Gasteiger partial charge is 0.496 e. The average Bonchev–Trinajstić information content (AvgIpc) is 2.28. The van der Waals surface area contributed by atoms with E-state index in [1.54, 1.807) is 14.0 Å². The third-order valence-electron chi connectivity index (χ3n) is 2.45. The standard InChI is InChI=1S/C12H17BrN2O2.ClH/c1-7(14)12(16)15-8(2)9-4-5-11(17-3)10(13)6-9;/h4-8H,14H2,1-3H3,(H,15,16);1H/t7-,8?;/m1./s1. The lowest BCUT2D eigenvalue weighted by Gasteiger charge is -2.17. The molecule has 0 aliphatic heterocycles. The highest BCUT2D eigenvalue weighted by Gasteiger charge is 2.13. The number of ether oxygens (including phenoxy) is 1. The van der Waals surface area contributed by atoms with Crippen molar-refractivity contribution in [3.8, 4) is 5.75 Å². The number of carbonyl (C=O) groups is 1. The van der Waals surface area contributed by atoms with E-state index in [1.165, 1.54) is 0 Å². The van der Waals surface area contributed by atoms with Gasteiger partial charge in [-0.3, -0.25) is 4.79 Å². The maximum Gasteiger partial charge on any atom is 0.237 e. The molecule has 2 atom stereocenters. The van der Waals surface area contributed by atoms with E-state index < -0.39 is 6.04 Å². The van der Waals surface area contributed by atoms with Gasteiger partial charge in [0, 0.05) is 0 Å². The Labute approximate surface area is 122 Å². The number of rotatable bonds is 4. The van der Waals surface area contributed by atoms with Crippen molar-refractivity contribution in [2.75, 3.05) is 7.11 Å². The molecule has 0 aromatic heterocycles. The van der Waals surface area contributed by atoms with E-state index >= 15 is 0 Å². The first kappa shape index (κ1) is 17.2. The first-order valence-electron chi connectivity index (χ1n) is 5.35. The summed E-state index contributed by atoms with van der Waals surface area (Å²) >= 11 is 3.41. The van der Waals surface area contributed by atoms with Crippen molar-refractivity contribution in [1.82, 2.24) is 5.32 Å². The minimum absolute atomic E-state index is 0. The van der Waals surface area contributed by atoms with Gasteiger partial charge in [-0.1, -0.05) is 6.07 Å². The molecule has 0 spiro atoms. The number of benzene rings is 1. The summed E-state index contributed by atoms with van der Waals surface area (Å²) in [5, 5.41) is 2.83. The average molecular weight is 338 g/mol. The molecule has 3 N–H and O–H groups in total. The molecule has 0 heterocycles. The first-order chi connectivity index (χ1) is 7.95. The summed E-state index contributed by atoms with van der Waals surface area (Å²) in [5.41, 5.74) is 6.49. The monoisotopic (exact) mass is 336 g/mol. The lowest BCUT2D eigenvalue weighted by molar-refractivity contribution is -0.122. The van der Waals surface area contributed by atoms with Gasteiger partial charge in [-0.05, 0) is 47.5 Å². The molecule has 18 heavy (non-hydrogen) atoms. The predicted molar refractivity (Wildman–Crippen MR) is 78.1 cm³/mol. The van der Waals surface area contributed by atoms with Crippen molar-refractivity contribution in [2.24, 2.45) is 5.73 Å². The second-order valence-corrected chi connectivity index (χ2v) is 4.77. The van der Waals surface area contributed by atoms with Crippen LogP contribution in [0, 0.1) is 0 Å². The van der Waals surface area contributed by atoms with Crippen LogP contribution in [0.15, 0.2) is 22.7 Å². The Morgan fingerprint density at radius 1 is 1.44 bits per heavy atom. The highest BCUT2D eigenvalue weighted by Crippen LogP contribution is 2.27. The molecule has 0 radical (unpaired) electrons. The normalized spacial score (nSPS) is 13.2. The number of carbonyl (C=O) groups excluding carboxylic acids is 1. The summed E-state index contributed by atoms with van der Waals surface area (Å²) in [6, 6.07) is 5.10. The lowest BCUT2D eigenvalue weighted by Crippen LogP contribution is -2.39. The minimum atomic E-state index is -0.501. The molecule has 0 aliphatic carbocycles. The zero-order chi connectivity index (χ0) is 13.0. The van der Waals surface area contributed by atoms with Crippen LogP contribution in [-0.4, -0.2) is 19.1 Å². The maximum atomic E-state index is 11.5. The van der Waals surface area contributed by atoms with E-state index in [0.29, 0.717) is 0 Å². The molecular weight excluding hydrogens is 320 g/mol. The summed E-state index contributed by atoms with van der Waals surface area (Å²) < 4.78 is 6.01. The SMILES string of the molecule is COc1ccc(C(C)NC(=O)[C@@H](C)N)cc1Br.Cl. The summed E-state index contributed by atoms with van der Waals surface area (Å²) in [4.78, 5) is 11.5. The fourth-order valence-electron chi connectivity index (χ4n) is 1.38. The van der Waals surface area contributed by atoms with Gasteiger partial charge in [0.25, 0.3) is 0 Å². The Kier molecular flexibility index (Phi) is 7.28. The quantitative estimate of drug-likeness (QED) is 0.887. The summed E-state index contributed by atoms with van der Waals surface area (Å²) in [6.07, 6.45) is 0. The number of methoxy groups -OCH3 is 1. The van der Waals surface area contributed by atoms with Crippen LogP contribution in [0.2, 0.25) is 0 Å². The molecule has 0 saturated heterocycles. The van der Waals surface area contributed by atoms with Gasteiger partial charge in [-0.25, -0.2) is 0 Å². The van der Waals surface area contributed by atoms with Crippen LogP contribution in [0.5, 0.6) is 5.75 Å². The van der Waals surface area contributed by atoms with E-state index in [-0.39, 0.29) is 24.4 Å². The van der Waals surface area contributed by atoms with E-state index in [9.17, 15) is 4.79 Å². The topological polar surface area (TPSA) is 64.3 Å². The van der Waals surface area contributed by atoms with E-state index in [4.69, 9.17) is 10.5 Å². The Morgan fingerprint density at radius 2 is 2.06 bits per heavy atom. The minimum Gasteiger partial charge on any atom is -0.496 e. The zero-order valence-electron chi connectivity index (χ0n) is 10.6. The van der Waals surface area contributed by atoms with Gasteiger partial charge in [0.2, 0.25) is 5.91 Å². The number of nitrogens with one attached hydrogen (secondary N) is 1. The number of amides is 1. The highest BCUT2D eigenvalue weighted by molar-refractivity contribution is 9.10. The Bertz CT molecular complexity index is 413. The number of hydrogen-bond acceptors (Lipinski definition) is 3. The Hall–Kier alpha value is -0.780.